The van der Waals surface area contributed by atoms with Gasteiger partial charge in [0, 0.05) is 11.1 Å². The van der Waals surface area contributed by atoms with Crippen LogP contribution in [-0.2, 0) is 11.1 Å². The van der Waals surface area contributed by atoms with Gasteiger partial charge in [-0.2, -0.15) is 0 Å². The normalized spacial score (nSPS) is 12.3. The van der Waals surface area contributed by atoms with Gasteiger partial charge in [-0.15, -0.1) is 0 Å². The smallest absolute Gasteiger partial charge is 0.279 e. The molecule has 4 heterocycles. The maximum atomic E-state index is 11.6. The number of H-pyrrole nitrogens is 1. The van der Waals surface area contributed by atoms with Crippen molar-refractivity contribution in [1.29, 1.82) is 0 Å². The highest BCUT2D eigenvalue weighted by molar-refractivity contribution is 5.73. The molecule has 0 aliphatic carbocycles. The first-order chi connectivity index (χ1) is 13.8. The van der Waals surface area contributed by atoms with Gasteiger partial charge in [-0.05, 0) is 62.3 Å². The van der Waals surface area contributed by atoms with E-state index in [4.69, 9.17) is 0 Å². The zero-order chi connectivity index (χ0) is 22.4. The molecule has 0 bridgehead atoms. The highest BCUT2D eigenvalue weighted by Crippen LogP contribution is 2.21. The lowest BCUT2D eigenvalue weighted by molar-refractivity contribution is 0.405. The van der Waals surface area contributed by atoms with Gasteiger partial charge in [-0.3, -0.25) is 4.79 Å². The van der Waals surface area contributed by atoms with Gasteiger partial charge in [0.05, 0.1) is 18.3 Å². The monoisotopic (exact) mass is 410 g/mol. The second-order valence-electron chi connectivity index (χ2n) is 9.42. The minimum absolute atomic E-state index is 0.00197. The molecule has 0 aromatic carbocycles. The summed E-state index contributed by atoms with van der Waals surface area (Å²) in [5, 5.41) is 0. The number of hydrogen-bond acceptors (Lipinski definition) is 6. The second-order valence-corrected chi connectivity index (χ2v) is 9.42. The van der Waals surface area contributed by atoms with Crippen LogP contribution in [-0.4, -0.2) is 39.0 Å². The maximum absolute atomic E-state index is 11.6. The molecule has 0 fully saturated rings. The van der Waals surface area contributed by atoms with Crippen molar-refractivity contribution in [3.05, 3.63) is 40.4 Å². The Hall–Kier alpha value is -3.10. The van der Waals surface area contributed by atoms with Gasteiger partial charge in [-0.1, -0.05) is 0 Å². The van der Waals surface area contributed by atoms with E-state index in [2.05, 4.69) is 55.2 Å². The van der Waals surface area contributed by atoms with E-state index in [-0.39, 0.29) is 16.6 Å². The van der Waals surface area contributed by atoms with Crippen molar-refractivity contribution in [1.82, 2.24) is 39.0 Å². The van der Waals surface area contributed by atoms with E-state index in [1.54, 1.807) is 13.3 Å². The minimum Gasteiger partial charge on any atom is -0.310 e. The number of aryl methyl sites for hydroxylation is 3. The molecule has 0 radical (unpaired) electrons. The summed E-state index contributed by atoms with van der Waals surface area (Å²) in [6.45, 7) is 18.2. The lowest BCUT2D eigenvalue weighted by atomic mass is 10.1. The van der Waals surface area contributed by atoms with Crippen LogP contribution < -0.4 is 5.56 Å². The van der Waals surface area contributed by atoms with Crippen molar-refractivity contribution in [2.45, 2.75) is 73.4 Å². The molecule has 0 amide bonds. The van der Waals surface area contributed by atoms with E-state index in [9.17, 15) is 4.79 Å². The Kier molecular flexibility index (Phi) is 5.26. The van der Waals surface area contributed by atoms with Crippen LogP contribution in [0.2, 0.25) is 0 Å². The molecule has 0 saturated heterocycles. The van der Waals surface area contributed by atoms with Gasteiger partial charge < -0.3 is 14.1 Å². The Morgan fingerprint density at radius 1 is 0.767 bits per heavy atom. The standard InChI is InChI=1S/C11H16N4.C10H14N4O/c1-7-9-10(14-8(2)13-7)15(6-12-9)11(3,4)5;1-6-12-8-7(9(15)13-6)11-5-14(8)10(2,3)4/h6H,1-5H3;5H,1-4H3,(H,12,13,15). The number of rotatable bonds is 0. The van der Waals surface area contributed by atoms with Gasteiger partial charge in [0.2, 0.25) is 0 Å². The summed E-state index contributed by atoms with van der Waals surface area (Å²) >= 11 is 0. The summed E-state index contributed by atoms with van der Waals surface area (Å²) < 4.78 is 3.99. The SMILES string of the molecule is Cc1nc(C)c2ncn(C(C)(C)C)c2n1.Cc1nc2c(ncn2C(C)(C)C)c(=O)[nH]1. The fourth-order valence-corrected chi connectivity index (χ4v) is 3.18. The van der Waals surface area contributed by atoms with Crippen molar-refractivity contribution in [2.24, 2.45) is 0 Å². The topological polar surface area (TPSA) is 107 Å². The molecule has 0 aliphatic rings. The van der Waals surface area contributed by atoms with Crippen molar-refractivity contribution in [3.8, 4) is 0 Å². The van der Waals surface area contributed by atoms with Crippen LogP contribution in [0.25, 0.3) is 22.3 Å². The van der Waals surface area contributed by atoms with Gasteiger partial charge in [0.1, 0.15) is 17.2 Å². The van der Waals surface area contributed by atoms with Crippen molar-refractivity contribution < 1.29 is 0 Å². The van der Waals surface area contributed by atoms with Crippen molar-refractivity contribution in [2.75, 3.05) is 0 Å². The zero-order valence-electron chi connectivity index (χ0n) is 19.2. The first kappa shape index (κ1) is 21.6. The van der Waals surface area contributed by atoms with Crippen LogP contribution in [0, 0.1) is 20.8 Å². The largest absolute Gasteiger partial charge is 0.310 e. The quantitative estimate of drug-likeness (QED) is 0.476. The fraction of sp³-hybridized carbons (Fsp3) is 0.524. The lowest BCUT2D eigenvalue weighted by Crippen LogP contribution is -2.22. The molecule has 9 nitrogen and oxygen atoms in total. The van der Waals surface area contributed by atoms with E-state index >= 15 is 0 Å². The number of aromatic amines is 1. The first-order valence-corrected chi connectivity index (χ1v) is 9.92. The Bertz CT molecular complexity index is 1260. The van der Waals surface area contributed by atoms with Crippen LogP contribution in [0.5, 0.6) is 0 Å². The summed E-state index contributed by atoms with van der Waals surface area (Å²) in [5.74, 6) is 1.41. The van der Waals surface area contributed by atoms with Gasteiger partial charge in [0.25, 0.3) is 5.56 Å². The predicted molar refractivity (Wildman–Crippen MR) is 118 cm³/mol. The van der Waals surface area contributed by atoms with Crippen molar-refractivity contribution >= 4 is 22.3 Å². The first-order valence-electron chi connectivity index (χ1n) is 9.92. The molecular formula is C21H30N8O. The van der Waals surface area contributed by atoms with Crippen molar-refractivity contribution in [3.63, 3.8) is 0 Å². The summed E-state index contributed by atoms with van der Waals surface area (Å²) in [4.78, 5) is 35.7. The fourth-order valence-electron chi connectivity index (χ4n) is 3.18. The molecule has 4 rings (SSSR count). The van der Waals surface area contributed by atoms with Gasteiger partial charge in [0.15, 0.2) is 16.8 Å². The number of imidazole rings is 2. The molecule has 4 aromatic rings. The number of hydrogen-bond donors (Lipinski definition) is 1. The third-order valence-electron chi connectivity index (χ3n) is 4.65. The van der Waals surface area contributed by atoms with E-state index < -0.39 is 0 Å². The predicted octanol–water partition coefficient (Wildman–Crippen LogP) is 3.38. The summed E-state index contributed by atoms with van der Waals surface area (Å²) in [6.07, 6.45) is 3.50. The van der Waals surface area contributed by atoms with E-state index in [0.29, 0.717) is 17.0 Å². The highest BCUT2D eigenvalue weighted by atomic mass is 16.1. The number of aromatic nitrogens is 8. The van der Waals surface area contributed by atoms with Crippen LogP contribution in [0.1, 0.15) is 58.9 Å². The van der Waals surface area contributed by atoms with E-state index in [1.807, 2.05) is 45.5 Å². The second kappa shape index (κ2) is 7.30. The molecule has 0 saturated carbocycles. The molecule has 4 aromatic heterocycles. The molecule has 0 aliphatic heterocycles. The van der Waals surface area contributed by atoms with Gasteiger partial charge >= 0.3 is 0 Å². The third-order valence-corrected chi connectivity index (χ3v) is 4.65. The molecule has 0 atom stereocenters. The van der Waals surface area contributed by atoms with E-state index in [1.165, 1.54) is 0 Å². The average molecular weight is 411 g/mol. The Morgan fingerprint density at radius 3 is 1.80 bits per heavy atom. The van der Waals surface area contributed by atoms with E-state index in [0.717, 1.165) is 22.7 Å². The summed E-state index contributed by atoms with van der Waals surface area (Å²) in [6, 6.07) is 0. The van der Waals surface area contributed by atoms with Crippen LogP contribution >= 0.6 is 0 Å². The average Bonchev–Trinajstić information content (AvgIpc) is 3.18. The molecule has 1 N–H and O–H groups in total. The van der Waals surface area contributed by atoms with Crippen LogP contribution in [0.3, 0.4) is 0 Å². The molecule has 0 spiro atoms. The number of nitrogens with zero attached hydrogens (tertiary/aromatic N) is 7. The lowest BCUT2D eigenvalue weighted by Gasteiger charge is -2.20. The Balaban J connectivity index is 0.000000171. The molecule has 0 unspecified atom stereocenters. The Morgan fingerprint density at radius 2 is 1.27 bits per heavy atom. The summed E-state index contributed by atoms with van der Waals surface area (Å²) in [7, 11) is 0. The summed E-state index contributed by atoms with van der Waals surface area (Å²) in [5.41, 5.74) is 3.51. The third kappa shape index (κ3) is 4.10. The highest BCUT2D eigenvalue weighted by Gasteiger charge is 2.19. The number of nitrogens with one attached hydrogen (secondary N) is 1. The molecular weight excluding hydrogens is 380 g/mol. The zero-order valence-corrected chi connectivity index (χ0v) is 19.2. The van der Waals surface area contributed by atoms with Crippen LogP contribution in [0.15, 0.2) is 17.4 Å². The van der Waals surface area contributed by atoms with Crippen LogP contribution in [0.4, 0.5) is 0 Å². The number of fused-ring (bicyclic) bond motifs is 2. The Labute approximate surface area is 175 Å². The molecule has 30 heavy (non-hydrogen) atoms. The molecule has 9 heteroatoms. The van der Waals surface area contributed by atoms with Gasteiger partial charge in [-0.25, -0.2) is 24.9 Å². The minimum atomic E-state index is -0.180. The molecule has 160 valence electrons. The maximum Gasteiger partial charge on any atom is 0.279 e.